The number of H-pyrrole nitrogens is 1. The molecule has 5 heteroatoms. The summed E-state index contributed by atoms with van der Waals surface area (Å²) in [6.45, 7) is 3.31. The average molecular weight is 365 g/mol. The summed E-state index contributed by atoms with van der Waals surface area (Å²) in [7, 11) is 0. The van der Waals surface area contributed by atoms with E-state index in [2.05, 4.69) is 17.1 Å². The van der Waals surface area contributed by atoms with Crippen molar-refractivity contribution in [1.29, 1.82) is 0 Å². The molecule has 0 aliphatic carbocycles. The van der Waals surface area contributed by atoms with E-state index >= 15 is 0 Å². The number of para-hydroxylation sites is 3. The van der Waals surface area contributed by atoms with Crippen LogP contribution in [0.3, 0.4) is 0 Å². The molecule has 5 nitrogen and oxygen atoms in total. The summed E-state index contributed by atoms with van der Waals surface area (Å²) in [6.07, 6.45) is 4.74. The van der Waals surface area contributed by atoms with Crippen LogP contribution in [0, 0.1) is 0 Å². The summed E-state index contributed by atoms with van der Waals surface area (Å²) >= 11 is 0. The standard InChI is InChI=1S/C22H27N3O2/c1-2-3-4-9-14-26-21-12-7-5-10-18(21)20-15-17(24-25-20)16-27-22-13-8-6-11-19(22)23/h5-8,10-13,15H,2-4,9,14,16,23H2,1H3,(H,24,25). The van der Waals surface area contributed by atoms with Gasteiger partial charge in [-0.1, -0.05) is 50.5 Å². The highest BCUT2D eigenvalue weighted by atomic mass is 16.5. The summed E-state index contributed by atoms with van der Waals surface area (Å²) in [6, 6.07) is 17.4. The number of nitrogens with zero attached hydrogens (tertiary/aromatic N) is 1. The van der Waals surface area contributed by atoms with E-state index < -0.39 is 0 Å². The van der Waals surface area contributed by atoms with Crippen molar-refractivity contribution in [2.75, 3.05) is 12.3 Å². The van der Waals surface area contributed by atoms with Gasteiger partial charge in [0.05, 0.1) is 23.7 Å². The third-order valence-corrected chi connectivity index (χ3v) is 4.35. The van der Waals surface area contributed by atoms with Gasteiger partial charge < -0.3 is 15.2 Å². The van der Waals surface area contributed by atoms with Gasteiger partial charge >= 0.3 is 0 Å². The molecule has 1 aromatic heterocycles. The lowest BCUT2D eigenvalue weighted by Gasteiger charge is -2.09. The number of ether oxygens (including phenoxy) is 2. The fourth-order valence-electron chi connectivity index (χ4n) is 2.86. The molecule has 0 aliphatic heterocycles. The lowest BCUT2D eigenvalue weighted by atomic mass is 10.1. The molecule has 0 aliphatic rings. The van der Waals surface area contributed by atoms with Crippen molar-refractivity contribution in [3.63, 3.8) is 0 Å². The minimum absolute atomic E-state index is 0.376. The van der Waals surface area contributed by atoms with E-state index in [0.717, 1.165) is 35.7 Å². The van der Waals surface area contributed by atoms with Crippen molar-refractivity contribution < 1.29 is 9.47 Å². The van der Waals surface area contributed by atoms with Crippen LogP contribution in [0.5, 0.6) is 11.5 Å². The van der Waals surface area contributed by atoms with Crippen molar-refractivity contribution in [3.8, 4) is 22.8 Å². The van der Waals surface area contributed by atoms with Crippen molar-refractivity contribution >= 4 is 5.69 Å². The SMILES string of the molecule is CCCCCCOc1ccccc1-c1cc(COc2ccccc2N)[nH]n1. The highest BCUT2D eigenvalue weighted by Gasteiger charge is 2.10. The number of benzene rings is 2. The molecule has 27 heavy (non-hydrogen) atoms. The number of nitrogens with one attached hydrogen (secondary N) is 1. The Kier molecular flexibility index (Phi) is 6.74. The maximum atomic E-state index is 5.99. The summed E-state index contributed by atoms with van der Waals surface area (Å²) in [5.74, 6) is 1.53. The van der Waals surface area contributed by atoms with Crippen LogP contribution in [0.25, 0.3) is 11.3 Å². The predicted octanol–water partition coefficient (Wildman–Crippen LogP) is 5.20. The van der Waals surface area contributed by atoms with Crippen LogP contribution >= 0.6 is 0 Å². The molecule has 3 rings (SSSR count). The largest absolute Gasteiger partial charge is 0.493 e. The van der Waals surface area contributed by atoms with E-state index in [1.54, 1.807) is 0 Å². The molecule has 1 heterocycles. The minimum atomic E-state index is 0.376. The maximum absolute atomic E-state index is 5.99. The lowest BCUT2D eigenvalue weighted by Crippen LogP contribution is -1.99. The smallest absolute Gasteiger partial charge is 0.142 e. The third-order valence-electron chi connectivity index (χ3n) is 4.35. The van der Waals surface area contributed by atoms with E-state index in [1.165, 1.54) is 19.3 Å². The quantitative estimate of drug-likeness (QED) is 0.383. The number of hydrogen-bond donors (Lipinski definition) is 2. The van der Waals surface area contributed by atoms with E-state index in [9.17, 15) is 0 Å². The van der Waals surface area contributed by atoms with Gasteiger partial charge in [0.1, 0.15) is 18.1 Å². The van der Waals surface area contributed by atoms with Gasteiger partial charge in [0.15, 0.2) is 0 Å². The second kappa shape index (κ2) is 9.67. The topological polar surface area (TPSA) is 73.2 Å². The lowest BCUT2D eigenvalue weighted by molar-refractivity contribution is 0.303. The number of aromatic amines is 1. The molecular formula is C22H27N3O2. The molecule has 0 saturated carbocycles. The van der Waals surface area contributed by atoms with Crippen molar-refractivity contribution in [1.82, 2.24) is 10.2 Å². The van der Waals surface area contributed by atoms with E-state index in [1.807, 2.05) is 54.6 Å². The van der Waals surface area contributed by atoms with Gasteiger partial charge in [-0.2, -0.15) is 5.10 Å². The van der Waals surface area contributed by atoms with Crippen LogP contribution in [-0.4, -0.2) is 16.8 Å². The first-order valence-electron chi connectivity index (χ1n) is 9.51. The van der Waals surface area contributed by atoms with E-state index in [-0.39, 0.29) is 0 Å². The Balaban J connectivity index is 1.63. The fourth-order valence-corrected chi connectivity index (χ4v) is 2.86. The average Bonchev–Trinajstić information content (AvgIpc) is 3.16. The molecule has 0 saturated heterocycles. The van der Waals surface area contributed by atoms with Crippen molar-refractivity contribution in [2.45, 2.75) is 39.2 Å². The van der Waals surface area contributed by atoms with Crippen LogP contribution in [-0.2, 0) is 6.61 Å². The Hall–Kier alpha value is -2.95. The number of aromatic nitrogens is 2. The first-order chi connectivity index (χ1) is 13.3. The highest BCUT2D eigenvalue weighted by Crippen LogP contribution is 2.29. The molecule has 3 N–H and O–H groups in total. The Morgan fingerprint density at radius 2 is 1.70 bits per heavy atom. The van der Waals surface area contributed by atoms with Crippen LogP contribution in [0.1, 0.15) is 38.3 Å². The molecule has 0 radical (unpaired) electrons. The monoisotopic (exact) mass is 365 g/mol. The molecule has 0 bridgehead atoms. The Labute approximate surface area is 160 Å². The molecule has 0 atom stereocenters. The molecular weight excluding hydrogens is 338 g/mol. The normalized spacial score (nSPS) is 10.7. The Morgan fingerprint density at radius 3 is 2.52 bits per heavy atom. The van der Waals surface area contributed by atoms with E-state index in [4.69, 9.17) is 15.2 Å². The van der Waals surface area contributed by atoms with Crippen LogP contribution in [0.2, 0.25) is 0 Å². The maximum Gasteiger partial charge on any atom is 0.142 e. The van der Waals surface area contributed by atoms with Gasteiger partial charge in [-0.3, -0.25) is 5.10 Å². The molecule has 3 aromatic rings. The van der Waals surface area contributed by atoms with Crippen molar-refractivity contribution in [2.24, 2.45) is 0 Å². The first-order valence-corrected chi connectivity index (χ1v) is 9.51. The molecule has 142 valence electrons. The summed E-state index contributed by atoms with van der Waals surface area (Å²) in [5, 5.41) is 7.46. The van der Waals surface area contributed by atoms with Gasteiger partial charge in [0.2, 0.25) is 0 Å². The summed E-state index contributed by atoms with van der Waals surface area (Å²) in [4.78, 5) is 0. The minimum Gasteiger partial charge on any atom is -0.493 e. The second-order valence-electron chi connectivity index (χ2n) is 6.51. The zero-order valence-electron chi connectivity index (χ0n) is 15.8. The molecule has 0 amide bonds. The molecule has 0 spiro atoms. The number of unbranched alkanes of at least 4 members (excludes halogenated alkanes) is 3. The van der Waals surface area contributed by atoms with Crippen molar-refractivity contribution in [3.05, 3.63) is 60.3 Å². The number of hydrogen-bond acceptors (Lipinski definition) is 4. The zero-order chi connectivity index (χ0) is 18.9. The third kappa shape index (κ3) is 5.26. The van der Waals surface area contributed by atoms with Gasteiger partial charge in [-0.25, -0.2) is 0 Å². The number of anilines is 1. The van der Waals surface area contributed by atoms with Crippen LogP contribution in [0.4, 0.5) is 5.69 Å². The zero-order valence-corrected chi connectivity index (χ0v) is 15.8. The predicted molar refractivity (Wildman–Crippen MR) is 109 cm³/mol. The molecule has 0 fully saturated rings. The summed E-state index contributed by atoms with van der Waals surface area (Å²) in [5.41, 5.74) is 9.24. The Bertz CT molecular complexity index is 845. The Morgan fingerprint density at radius 1 is 0.926 bits per heavy atom. The van der Waals surface area contributed by atoms with Gasteiger partial charge in [0, 0.05) is 5.56 Å². The number of nitrogen functional groups attached to an aromatic ring is 1. The number of nitrogens with two attached hydrogens (primary N) is 1. The van der Waals surface area contributed by atoms with Gasteiger partial charge in [0.25, 0.3) is 0 Å². The first kappa shape index (κ1) is 18.8. The second-order valence-corrected chi connectivity index (χ2v) is 6.51. The van der Waals surface area contributed by atoms with Crippen LogP contribution in [0.15, 0.2) is 54.6 Å². The summed E-state index contributed by atoms with van der Waals surface area (Å²) < 4.78 is 11.8. The molecule has 2 aromatic carbocycles. The van der Waals surface area contributed by atoms with E-state index in [0.29, 0.717) is 18.0 Å². The van der Waals surface area contributed by atoms with Gasteiger partial charge in [-0.15, -0.1) is 0 Å². The van der Waals surface area contributed by atoms with Gasteiger partial charge in [-0.05, 0) is 36.8 Å². The number of rotatable bonds is 10. The van der Waals surface area contributed by atoms with Crippen LogP contribution < -0.4 is 15.2 Å². The molecule has 0 unspecified atom stereocenters. The highest BCUT2D eigenvalue weighted by molar-refractivity contribution is 5.67. The fraction of sp³-hybridized carbons (Fsp3) is 0.318.